The standard InChI is InChI=1S/C29H30F3N3O4/c1-35-17-22(15-25(35)27(37)33-16-18-7-9-20(10-8-18)28(38)39-2)34-26(36)24-6-4-3-5-23(24)19-11-13-21(14-12-19)29(30,31)32/h3-6,11-15,17-18,20H,7-10,16H2,1-2H3,(H,33,37)(H,34,36). The summed E-state index contributed by atoms with van der Waals surface area (Å²) in [6.45, 7) is 0.486. The van der Waals surface area contributed by atoms with Gasteiger partial charge in [-0.05, 0) is 67.0 Å². The fourth-order valence-electron chi connectivity index (χ4n) is 4.93. The van der Waals surface area contributed by atoms with Crippen molar-refractivity contribution in [2.24, 2.45) is 18.9 Å². The summed E-state index contributed by atoms with van der Waals surface area (Å²) in [7, 11) is 3.09. The van der Waals surface area contributed by atoms with E-state index < -0.39 is 17.6 Å². The van der Waals surface area contributed by atoms with Crippen LogP contribution in [0.15, 0.2) is 60.8 Å². The molecule has 0 radical (unpaired) electrons. The first-order chi connectivity index (χ1) is 18.6. The number of ether oxygens (including phenoxy) is 1. The number of alkyl halides is 3. The smallest absolute Gasteiger partial charge is 0.416 e. The van der Waals surface area contributed by atoms with Gasteiger partial charge in [-0.25, -0.2) is 0 Å². The number of aryl methyl sites for hydroxylation is 1. The highest BCUT2D eigenvalue weighted by Crippen LogP contribution is 2.32. The Morgan fingerprint density at radius 2 is 1.64 bits per heavy atom. The summed E-state index contributed by atoms with van der Waals surface area (Å²) < 4.78 is 45.3. The Morgan fingerprint density at radius 3 is 2.28 bits per heavy atom. The lowest BCUT2D eigenvalue weighted by molar-refractivity contribution is -0.146. The Balaban J connectivity index is 1.39. The molecule has 0 atom stereocenters. The van der Waals surface area contributed by atoms with Crippen molar-refractivity contribution in [1.82, 2.24) is 9.88 Å². The lowest BCUT2D eigenvalue weighted by atomic mass is 9.82. The number of rotatable bonds is 7. The van der Waals surface area contributed by atoms with Gasteiger partial charge in [0.2, 0.25) is 0 Å². The Kier molecular flexibility index (Phi) is 8.42. The van der Waals surface area contributed by atoms with Crippen molar-refractivity contribution in [3.05, 3.63) is 77.6 Å². The highest BCUT2D eigenvalue weighted by Gasteiger charge is 2.30. The molecule has 0 saturated heterocycles. The minimum Gasteiger partial charge on any atom is -0.469 e. The van der Waals surface area contributed by atoms with Gasteiger partial charge in [-0.1, -0.05) is 30.3 Å². The third-order valence-electron chi connectivity index (χ3n) is 7.12. The lowest BCUT2D eigenvalue weighted by Gasteiger charge is -2.26. The van der Waals surface area contributed by atoms with Crippen LogP contribution in [-0.2, 0) is 22.8 Å². The van der Waals surface area contributed by atoms with E-state index in [-0.39, 0.29) is 29.3 Å². The van der Waals surface area contributed by atoms with Crippen LogP contribution in [0.5, 0.6) is 0 Å². The minimum atomic E-state index is -4.45. The van der Waals surface area contributed by atoms with E-state index in [2.05, 4.69) is 10.6 Å². The largest absolute Gasteiger partial charge is 0.469 e. The predicted molar refractivity (Wildman–Crippen MR) is 140 cm³/mol. The van der Waals surface area contributed by atoms with E-state index in [1.165, 1.54) is 19.2 Å². The number of benzene rings is 2. The molecule has 2 aromatic carbocycles. The molecular weight excluding hydrogens is 511 g/mol. The zero-order valence-corrected chi connectivity index (χ0v) is 21.7. The van der Waals surface area contributed by atoms with E-state index >= 15 is 0 Å². The molecule has 0 spiro atoms. The third kappa shape index (κ3) is 6.68. The van der Waals surface area contributed by atoms with Crippen molar-refractivity contribution in [2.45, 2.75) is 31.9 Å². The van der Waals surface area contributed by atoms with Crippen molar-refractivity contribution in [3.63, 3.8) is 0 Å². The monoisotopic (exact) mass is 541 g/mol. The van der Waals surface area contributed by atoms with Gasteiger partial charge in [-0.15, -0.1) is 0 Å². The average molecular weight is 542 g/mol. The molecule has 39 heavy (non-hydrogen) atoms. The highest BCUT2D eigenvalue weighted by molar-refractivity contribution is 6.09. The maximum Gasteiger partial charge on any atom is 0.416 e. The molecule has 10 heteroatoms. The summed E-state index contributed by atoms with van der Waals surface area (Å²) in [4.78, 5) is 37.7. The molecule has 7 nitrogen and oxygen atoms in total. The second-order valence-electron chi connectivity index (χ2n) is 9.75. The SMILES string of the molecule is COC(=O)C1CCC(CNC(=O)c2cc(NC(=O)c3ccccc3-c3ccc(C(F)(F)F)cc3)cn2C)CC1. The zero-order valence-electron chi connectivity index (χ0n) is 21.7. The molecule has 0 aliphatic heterocycles. The summed E-state index contributed by atoms with van der Waals surface area (Å²) in [6, 6.07) is 12.8. The van der Waals surface area contributed by atoms with Gasteiger partial charge in [0.05, 0.1) is 24.3 Å². The molecule has 2 amide bonds. The second-order valence-corrected chi connectivity index (χ2v) is 9.75. The van der Waals surface area contributed by atoms with Gasteiger partial charge >= 0.3 is 12.1 Å². The first-order valence-corrected chi connectivity index (χ1v) is 12.7. The highest BCUT2D eigenvalue weighted by atomic mass is 19.4. The summed E-state index contributed by atoms with van der Waals surface area (Å²) in [5.41, 5.74) is 1.26. The van der Waals surface area contributed by atoms with Crippen LogP contribution in [0.1, 0.15) is 52.1 Å². The Labute approximate surface area is 224 Å². The number of esters is 1. The first-order valence-electron chi connectivity index (χ1n) is 12.7. The van der Waals surface area contributed by atoms with Crippen molar-refractivity contribution in [2.75, 3.05) is 19.0 Å². The molecule has 1 heterocycles. The molecular formula is C29H30F3N3O4. The molecule has 4 rings (SSSR count). The summed E-state index contributed by atoms with van der Waals surface area (Å²) in [6.07, 6.45) is 0.300. The van der Waals surface area contributed by atoms with Gasteiger partial charge in [0.1, 0.15) is 5.69 Å². The van der Waals surface area contributed by atoms with Crippen LogP contribution in [0.3, 0.4) is 0 Å². The number of hydrogen-bond donors (Lipinski definition) is 2. The number of carbonyl (C=O) groups is 3. The van der Waals surface area contributed by atoms with Crippen LogP contribution in [0.4, 0.5) is 18.9 Å². The quantitative estimate of drug-likeness (QED) is 0.377. The number of hydrogen-bond acceptors (Lipinski definition) is 4. The summed E-state index contributed by atoms with van der Waals surface area (Å²) in [5.74, 6) is -0.720. The number of amides is 2. The van der Waals surface area contributed by atoms with E-state index in [9.17, 15) is 27.6 Å². The number of nitrogens with one attached hydrogen (secondary N) is 2. The average Bonchev–Trinajstić information content (AvgIpc) is 3.30. The van der Waals surface area contributed by atoms with Crippen molar-refractivity contribution < 1.29 is 32.3 Å². The summed E-state index contributed by atoms with van der Waals surface area (Å²) in [5, 5.41) is 5.73. The van der Waals surface area contributed by atoms with Gasteiger partial charge in [0.25, 0.3) is 11.8 Å². The Hall–Kier alpha value is -4.08. The molecule has 206 valence electrons. The maximum absolute atomic E-state index is 13.1. The normalized spacial score (nSPS) is 17.4. The summed E-state index contributed by atoms with van der Waals surface area (Å²) >= 11 is 0. The van der Waals surface area contributed by atoms with Crippen LogP contribution in [0.25, 0.3) is 11.1 Å². The Bertz CT molecular complexity index is 1340. The molecule has 1 aliphatic carbocycles. The number of aromatic nitrogens is 1. The molecule has 3 aromatic rings. The van der Waals surface area contributed by atoms with Gasteiger partial charge in [0.15, 0.2) is 0 Å². The number of halogens is 3. The predicted octanol–water partition coefficient (Wildman–Crippen LogP) is 5.67. The topological polar surface area (TPSA) is 89.4 Å². The molecule has 2 N–H and O–H groups in total. The number of nitrogens with zero attached hydrogens (tertiary/aromatic N) is 1. The number of carbonyl (C=O) groups excluding carboxylic acids is 3. The molecule has 0 unspecified atom stereocenters. The van der Waals surface area contributed by atoms with Gasteiger partial charge in [-0.2, -0.15) is 13.2 Å². The van der Waals surface area contributed by atoms with E-state index in [1.807, 2.05) is 0 Å². The van der Waals surface area contributed by atoms with E-state index in [0.29, 0.717) is 29.1 Å². The van der Waals surface area contributed by atoms with Gasteiger partial charge < -0.3 is 19.9 Å². The number of methoxy groups -OCH3 is 1. The molecule has 1 aliphatic rings. The van der Waals surface area contributed by atoms with Crippen LogP contribution in [0.2, 0.25) is 0 Å². The van der Waals surface area contributed by atoms with Crippen molar-refractivity contribution >= 4 is 23.5 Å². The number of anilines is 1. The third-order valence-corrected chi connectivity index (χ3v) is 7.12. The molecule has 1 saturated carbocycles. The van der Waals surface area contributed by atoms with Crippen LogP contribution < -0.4 is 10.6 Å². The van der Waals surface area contributed by atoms with Crippen molar-refractivity contribution in [3.8, 4) is 11.1 Å². The molecule has 0 bridgehead atoms. The first kappa shape index (κ1) is 27.9. The zero-order chi connectivity index (χ0) is 28.2. The van der Waals surface area contributed by atoms with E-state index in [0.717, 1.165) is 37.8 Å². The fourth-order valence-corrected chi connectivity index (χ4v) is 4.93. The molecule has 1 aromatic heterocycles. The second kappa shape index (κ2) is 11.8. The lowest BCUT2D eigenvalue weighted by Crippen LogP contribution is -2.33. The van der Waals surface area contributed by atoms with E-state index in [1.54, 1.807) is 48.1 Å². The maximum atomic E-state index is 13.1. The Morgan fingerprint density at radius 1 is 0.974 bits per heavy atom. The van der Waals surface area contributed by atoms with Gasteiger partial charge in [-0.3, -0.25) is 14.4 Å². The van der Waals surface area contributed by atoms with Crippen LogP contribution in [-0.4, -0.2) is 36.0 Å². The molecule has 1 fully saturated rings. The fraction of sp³-hybridized carbons (Fsp3) is 0.345. The van der Waals surface area contributed by atoms with Crippen LogP contribution in [0, 0.1) is 11.8 Å². The minimum absolute atomic E-state index is 0.0784. The van der Waals surface area contributed by atoms with E-state index in [4.69, 9.17) is 4.74 Å². The van der Waals surface area contributed by atoms with Crippen LogP contribution >= 0.6 is 0 Å². The van der Waals surface area contributed by atoms with Crippen molar-refractivity contribution in [1.29, 1.82) is 0 Å². The van der Waals surface area contributed by atoms with Gasteiger partial charge in [0, 0.05) is 25.4 Å².